The molecule has 0 aromatic heterocycles. The van der Waals surface area contributed by atoms with E-state index in [0.717, 1.165) is 12.2 Å². The molecule has 1 atom stereocenters. The zero-order valence-electron chi connectivity index (χ0n) is 6.36. The fraction of sp³-hybridized carbons (Fsp3) is 0.571. The number of nitrogens with zero attached hydrogens (tertiary/aromatic N) is 1. The minimum absolute atomic E-state index is 0.267. The minimum atomic E-state index is 0.267. The maximum absolute atomic E-state index is 10.7. The van der Waals surface area contributed by atoms with Crippen molar-refractivity contribution in [1.82, 2.24) is 4.90 Å². The summed E-state index contributed by atoms with van der Waals surface area (Å²) in [5.74, 6) is 1.33. The number of thiol groups is 1. The molecule has 2 heterocycles. The van der Waals surface area contributed by atoms with Crippen LogP contribution in [0, 0.1) is 0 Å². The normalized spacial score (nSPS) is 26.5. The van der Waals surface area contributed by atoms with Crippen LogP contribution in [0.1, 0.15) is 6.42 Å². The molecule has 62 valence electrons. The number of carbonyl (C=O) groups is 1. The Morgan fingerprint density at radius 3 is 2.91 bits per heavy atom. The van der Waals surface area contributed by atoms with Crippen molar-refractivity contribution in [2.75, 3.05) is 12.0 Å². The van der Waals surface area contributed by atoms with Gasteiger partial charge >= 0.3 is 0 Å². The highest BCUT2D eigenvalue weighted by molar-refractivity contribution is 8.00. The number of β-lactam (4-membered cyclic amide) rings is 1. The molecule has 0 radical (unpaired) electrons. The van der Waals surface area contributed by atoms with E-state index < -0.39 is 0 Å². The van der Waals surface area contributed by atoms with Crippen LogP contribution in [-0.4, -0.2) is 28.2 Å². The van der Waals surface area contributed by atoms with Crippen molar-refractivity contribution in [3.05, 3.63) is 12.3 Å². The molecule has 0 saturated carbocycles. The lowest BCUT2D eigenvalue weighted by molar-refractivity contribution is -0.137. The standard InChI is InChI=1S/C6H7NOS.CH4S/c8-5-4-6-7(5)2-1-3-9-6;1-2/h1-2,6H,3-4H2;2H,1H3/t6-;/m1./s1. The van der Waals surface area contributed by atoms with Crippen molar-refractivity contribution < 1.29 is 4.79 Å². The van der Waals surface area contributed by atoms with Gasteiger partial charge in [-0.15, -0.1) is 11.8 Å². The summed E-state index contributed by atoms with van der Waals surface area (Å²) in [4.78, 5) is 12.5. The van der Waals surface area contributed by atoms with Gasteiger partial charge in [-0.2, -0.15) is 12.6 Å². The van der Waals surface area contributed by atoms with Crippen molar-refractivity contribution >= 4 is 30.3 Å². The van der Waals surface area contributed by atoms with Crippen molar-refractivity contribution in [3.63, 3.8) is 0 Å². The molecule has 2 rings (SSSR count). The van der Waals surface area contributed by atoms with E-state index >= 15 is 0 Å². The molecule has 0 unspecified atom stereocenters. The molecule has 0 aromatic carbocycles. The largest absolute Gasteiger partial charge is 0.306 e. The van der Waals surface area contributed by atoms with Crippen LogP contribution in [0.4, 0.5) is 0 Å². The average Bonchev–Trinajstić information content (AvgIpc) is 2.07. The molecule has 1 saturated heterocycles. The fourth-order valence-corrected chi connectivity index (χ4v) is 2.07. The summed E-state index contributed by atoms with van der Waals surface area (Å²) in [7, 11) is 0. The number of hydrogen-bond donors (Lipinski definition) is 1. The van der Waals surface area contributed by atoms with E-state index in [4.69, 9.17) is 0 Å². The molecule has 2 nitrogen and oxygen atoms in total. The monoisotopic (exact) mass is 189 g/mol. The predicted molar refractivity (Wildman–Crippen MR) is 51.8 cm³/mol. The molecule has 4 heteroatoms. The maximum Gasteiger partial charge on any atom is 0.230 e. The Kier molecular flexibility index (Phi) is 3.33. The minimum Gasteiger partial charge on any atom is -0.306 e. The summed E-state index contributed by atoms with van der Waals surface area (Å²) in [6.45, 7) is 0. The van der Waals surface area contributed by atoms with Crippen LogP contribution in [-0.2, 0) is 4.79 Å². The number of fused-ring (bicyclic) bond motifs is 1. The lowest BCUT2D eigenvalue weighted by Gasteiger charge is -2.39. The van der Waals surface area contributed by atoms with Gasteiger partial charge in [-0.05, 0) is 6.26 Å². The Morgan fingerprint density at radius 2 is 2.45 bits per heavy atom. The lowest BCUT2D eigenvalue weighted by atomic mass is 10.2. The SMILES string of the molecule is CS.O=C1C[C@H]2SCC=CN12. The zero-order chi connectivity index (χ0) is 8.27. The summed E-state index contributed by atoms with van der Waals surface area (Å²) < 4.78 is 0. The second-order valence-corrected chi connectivity index (χ2v) is 3.39. The molecule has 0 aliphatic carbocycles. The predicted octanol–water partition coefficient (Wildman–Crippen LogP) is 1.35. The molecule has 2 aliphatic rings. The Hall–Kier alpha value is -0.0900. The number of amides is 1. The summed E-state index contributed by atoms with van der Waals surface area (Å²) in [5.41, 5.74) is 0. The van der Waals surface area contributed by atoms with E-state index in [1.165, 1.54) is 0 Å². The quantitative estimate of drug-likeness (QED) is 0.458. The van der Waals surface area contributed by atoms with E-state index in [2.05, 4.69) is 12.6 Å². The van der Waals surface area contributed by atoms with Gasteiger partial charge in [0.2, 0.25) is 5.91 Å². The summed E-state index contributed by atoms with van der Waals surface area (Å²) in [6.07, 6.45) is 6.36. The summed E-state index contributed by atoms with van der Waals surface area (Å²) >= 11 is 5.36. The first-order valence-corrected chi connectivity index (χ1v) is 5.36. The van der Waals surface area contributed by atoms with E-state index in [0.29, 0.717) is 5.37 Å². The molecule has 0 bridgehead atoms. The van der Waals surface area contributed by atoms with Crippen LogP contribution in [0.2, 0.25) is 0 Å². The second-order valence-electron chi connectivity index (χ2n) is 2.18. The number of carbonyl (C=O) groups excluding carboxylic acids is 1. The first-order chi connectivity index (χ1) is 5.38. The van der Waals surface area contributed by atoms with Crippen molar-refractivity contribution in [1.29, 1.82) is 0 Å². The second kappa shape index (κ2) is 4.07. The van der Waals surface area contributed by atoms with E-state index in [-0.39, 0.29) is 5.91 Å². The van der Waals surface area contributed by atoms with Crippen LogP contribution < -0.4 is 0 Å². The van der Waals surface area contributed by atoms with E-state index in [1.54, 1.807) is 11.2 Å². The van der Waals surface area contributed by atoms with Gasteiger partial charge < -0.3 is 4.90 Å². The third kappa shape index (κ3) is 1.73. The van der Waals surface area contributed by atoms with Gasteiger partial charge in [-0.3, -0.25) is 4.79 Å². The number of thioether (sulfide) groups is 1. The van der Waals surface area contributed by atoms with Crippen LogP contribution >= 0.6 is 24.4 Å². The van der Waals surface area contributed by atoms with Crippen molar-refractivity contribution in [2.24, 2.45) is 0 Å². The topological polar surface area (TPSA) is 20.3 Å². The Labute approximate surface area is 76.4 Å². The highest BCUT2D eigenvalue weighted by atomic mass is 32.2. The van der Waals surface area contributed by atoms with Crippen molar-refractivity contribution in [3.8, 4) is 0 Å². The molecule has 11 heavy (non-hydrogen) atoms. The smallest absolute Gasteiger partial charge is 0.230 e. The molecule has 2 aliphatic heterocycles. The summed E-state index contributed by atoms with van der Waals surface area (Å²) in [5, 5.41) is 0.475. The van der Waals surface area contributed by atoms with Crippen molar-refractivity contribution in [2.45, 2.75) is 11.8 Å². The third-order valence-electron chi connectivity index (χ3n) is 1.60. The van der Waals surface area contributed by atoms with E-state index in [1.807, 2.05) is 24.0 Å². The molecule has 0 spiro atoms. The third-order valence-corrected chi connectivity index (χ3v) is 2.76. The van der Waals surface area contributed by atoms with Gasteiger partial charge in [0.1, 0.15) is 0 Å². The van der Waals surface area contributed by atoms with Gasteiger partial charge in [0.25, 0.3) is 0 Å². The molecule has 0 N–H and O–H groups in total. The van der Waals surface area contributed by atoms with Gasteiger partial charge in [0.15, 0.2) is 0 Å². The van der Waals surface area contributed by atoms with Crippen LogP contribution in [0.5, 0.6) is 0 Å². The number of hydrogen-bond acceptors (Lipinski definition) is 3. The van der Waals surface area contributed by atoms with Crippen LogP contribution in [0.25, 0.3) is 0 Å². The maximum atomic E-state index is 10.7. The first kappa shape index (κ1) is 9.00. The molecular formula is C7H11NOS2. The van der Waals surface area contributed by atoms with Crippen LogP contribution in [0.3, 0.4) is 0 Å². The van der Waals surface area contributed by atoms with Gasteiger partial charge in [-0.1, -0.05) is 6.08 Å². The summed E-state index contributed by atoms with van der Waals surface area (Å²) in [6, 6.07) is 0. The first-order valence-electron chi connectivity index (χ1n) is 3.42. The van der Waals surface area contributed by atoms with Gasteiger partial charge in [0, 0.05) is 12.0 Å². The van der Waals surface area contributed by atoms with Crippen LogP contribution in [0.15, 0.2) is 12.3 Å². The molecule has 0 aromatic rings. The Morgan fingerprint density at radius 1 is 1.73 bits per heavy atom. The fourth-order valence-electron chi connectivity index (χ4n) is 1.04. The van der Waals surface area contributed by atoms with Gasteiger partial charge in [0.05, 0.1) is 11.8 Å². The number of rotatable bonds is 0. The Balaban J connectivity index is 0.000000281. The van der Waals surface area contributed by atoms with E-state index in [9.17, 15) is 4.79 Å². The zero-order valence-corrected chi connectivity index (χ0v) is 8.07. The highest BCUT2D eigenvalue weighted by Gasteiger charge is 2.35. The molecule has 1 fully saturated rings. The molecular weight excluding hydrogens is 178 g/mol. The Bertz CT molecular complexity index is 181. The average molecular weight is 189 g/mol. The van der Waals surface area contributed by atoms with Gasteiger partial charge in [-0.25, -0.2) is 0 Å². The molecule has 1 amide bonds. The lowest BCUT2D eigenvalue weighted by Crippen LogP contribution is -2.48. The highest BCUT2D eigenvalue weighted by Crippen LogP contribution is 2.32.